The van der Waals surface area contributed by atoms with Crippen molar-refractivity contribution in [3.05, 3.63) is 16.5 Å². The van der Waals surface area contributed by atoms with Crippen molar-refractivity contribution in [2.45, 2.75) is 40.2 Å². The fourth-order valence-electron chi connectivity index (χ4n) is 1.46. The van der Waals surface area contributed by atoms with Gasteiger partial charge in [-0.15, -0.1) is 11.3 Å². The van der Waals surface area contributed by atoms with Crippen LogP contribution in [0.15, 0.2) is 5.38 Å². The number of esters is 1. The number of hydrogen-bond donors (Lipinski definition) is 2. The Morgan fingerprint density at radius 3 is 2.68 bits per heavy atom. The number of carbonyl (C=O) groups is 2. The first-order chi connectivity index (χ1) is 8.99. The van der Waals surface area contributed by atoms with Gasteiger partial charge in [-0.3, -0.25) is 5.32 Å². The molecule has 1 heterocycles. The number of thiophene rings is 1. The molecule has 0 aliphatic carbocycles. The monoisotopic (exact) mass is 284 g/mol. The van der Waals surface area contributed by atoms with Crippen LogP contribution >= 0.6 is 11.3 Å². The molecule has 2 N–H and O–H groups in total. The second-order valence-corrected chi connectivity index (χ2v) is 5.13. The van der Waals surface area contributed by atoms with Gasteiger partial charge in [-0.2, -0.15) is 0 Å². The predicted octanol–water partition coefficient (Wildman–Crippen LogP) is 3.15. The number of amides is 2. The molecule has 2 amide bonds. The molecule has 0 aromatic carbocycles. The number of anilines is 1. The van der Waals surface area contributed by atoms with Gasteiger partial charge in [0.05, 0.1) is 12.2 Å². The molecular weight excluding hydrogens is 264 g/mol. The number of nitrogens with one attached hydrogen (secondary N) is 2. The van der Waals surface area contributed by atoms with E-state index in [4.69, 9.17) is 4.74 Å². The molecule has 1 atom stereocenters. The Labute approximate surface area is 117 Å². The fraction of sp³-hybridized carbons (Fsp3) is 0.538. The summed E-state index contributed by atoms with van der Waals surface area (Å²) in [6, 6.07) is -0.214. The van der Waals surface area contributed by atoms with Crippen molar-refractivity contribution >= 4 is 28.3 Å². The Morgan fingerprint density at radius 2 is 2.11 bits per heavy atom. The lowest BCUT2D eigenvalue weighted by Gasteiger charge is -2.12. The predicted molar refractivity (Wildman–Crippen MR) is 76.9 cm³/mol. The van der Waals surface area contributed by atoms with Gasteiger partial charge < -0.3 is 10.1 Å². The minimum Gasteiger partial charge on any atom is -0.462 e. The topological polar surface area (TPSA) is 67.4 Å². The van der Waals surface area contributed by atoms with E-state index < -0.39 is 5.97 Å². The summed E-state index contributed by atoms with van der Waals surface area (Å²) >= 11 is 1.32. The maximum atomic E-state index is 11.8. The Balaban J connectivity index is 2.79. The Kier molecular flexibility index (Phi) is 5.82. The molecule has 0 radical (unpaired) electrons. The maximum Gasteiger partial charge on any atom is 0.341 e. The average Bonchev–Trinajstić information content (AvgIpc) is 2.70. The third-order valence-corrected chi connectivity index (χ3v) is 3.68. The molecule has 0 spiro atoms. The van der Waals surface area contributed by atoms with Gasteiger partial charge in [-0.05, 0) is 38.1 Å². The van der Waals surface area contributed by atoms with E-state index in [-0.39, 0.29) is 12.1 Å². The van der Waals surface area contributed by atoms with Gasteiger partial charge in [0.15, 0.2) is 0 Å². The van der Waals surface area contributed by atoms with Crippen molar-refractivity contribution in [3.63, 3.8) is 0 Å². The van der Waals surface area contributed by atoms with Gasteiger partial charge in [0.25, 0.3) is 0 Å². The standard InChI is InChI=1S/C13H20N2O3S/c1-5-9(4)14-13(17)15-11-10(8(3)7-19-11)12(16)18-6-2/h7,9H,5-6H2,1-4H3,(H2,14,15,17). The molecule has 0 saturated carbocycles. The van der Waals surface area contributed by atoms with Crippen LogP contribution in [0.4, 0.5) is 9.80 Å². The highest BCUT2D eigenvalue weighted by atomic mass is 32.1. The summed E-state index contributed by atoms with van der Waals surface area (Å²) < 4.78 is 4.99. The molecule has 0 fully saturated rings. The van der Waals surface area contributed by atoms with Crippen LogP contribution in [-0.4, -0.2) is 24.6 Å². The van der Waals surface area contributed by atoms with Crippen LogP contribution in [0.5, 0.6) is 0 Å². The Bertz CT molecular complexity index is 457. The molecule has 1 rings (SSSR count). The minimum absolute atomic E-state index is 0.0899. The summed E-state index contributed by atoms with van der Waals surface area (Å²) in [6.45, 7) is 7.80. The smallest absolute Gasteiger partial charge is 0.341 e. The van der Waals surface area contributed by atoms with Crippen molar-refractivity contribution in [2.75, 3.05) is 11.9 Å². The molecule has 1 unspecified atom stereocenters. The SMILES string of the molecule is CCOC(=O)c1c(C)csc1NC(=O)NC(C)CC. The molecule has 1 aromatic rings. The lowest BCUT2D eigenvalue weighted by atomic mass is 10.2. The Morgan fingerprint density at radius 1 is 1.42 bits per heavy atom. The number of carbonyl (C=O) groups excluding carboxylic acids is 2. The van der Waals surface area contributed by atoms with Crippen LogP contribution in [0.25, 0.3) is 0 Å². The van der Waals surface area contributed by atoms with E-state index in [1.165, 1.54) is 11.3 Å². The van der Waals surface area contributed by atoms with E-state index in [1.54, 1.807) is 6.92 Å². The number of ether oxygens (including phenoxy) is 1. The molecule has 0 bridgehead atoms. The van der Waals surface area contributed by atoms with Crippen molar-refractivity contribution in [1.29, 1.82) is 0 Å². The van der Waals surface area contributed by atoms with Gasteiger partial charge >= 0.3 is 12.0 Å². The number of aryl methyl sites for hydroxylation is 1. The summed E-state index contributed by atoms with van der Waals surface area (Å²) in [6.07, 6.45) is 0.849. The normalized spacial score (nSPS) is 11.8. The molecule has 19 heavy (non-hydrogen) atoms. The summed E-state index contributed by atoms with van der Waals surface area (Å²) in [5, 5.41) is 7.84. The van der Waals surface area contributed by atoms with Crippen LogP contribution in [0.3, 0.4) is 0 Å². The van der Waals surface area contributed by atoms with E-state index in [0.717, 1.165) is 12.0 Å². The van der Waals surface area contributed by atoms with Gasteiger partial charge in [-0.25, -0.2) is 9.59 Å². The minimum atomic E-state index is -0.403. The molecular formula is C13H20N2O3S. The molecule has 1 aromatic heterocycles. The first kappa shape index (κ1) is 15.5. The number of rotatable bonds is 5. The quantitative estimate of drug-likeness (QED) is 0.816. The number of urea groups is 1. The van der Waals surface area contributed by atoms with Gasteiger partial charge in [0, 0.05) is 6.04 Å². The second-order valence-electron chi connectivity index (χ2n) is 4.25. The first-order valence-corrected chi connectivity index (χ1v) is 7.20. The largest absolute Gasteiger partial charge is 0.462 e. The van der Waals surface area contributed by atoms with Crippen LogP contribution in [-0.2, 0) is 4.74 Å². The van der Waals surface area contributed by atoms with E-state index in [0.29, 0.717) is 17.2 Å². The summed E-state index contributed by atoms with van der Waals surface area (Å²) in [4.78, 5) is 23.6. The zero-order valence-corrected chi connectivity index (χ0v) is 12.5. The highest BCUT2D eigenvalue weighted by Gasteiger charge is 2.19. The van der Waals surface area contributed by atoms with Crippen LogP contribution in [0.2, 0.25) is 0 Å². The van der Waals surface area contributed by atoms with Crippen molar-refractivity contribution in [2.24, 2.45) is 0 Å². The zero-order chi connectivity index (χ0) is 14.4. The van der Waals surface area contributed by atoms with Crippen LogP contribution < -0.4 is 10.6 Å². The molecule has 0 aliphatic rings. The highest BCUT2D eigenvalue weighted by molar-refractivity contribution is 7.15. The van der Waals surface area contributed by atoms with Gasteiger partial charge in [-0.1, -0.05) is 6.92 Å². The van der Waals surface area contributed by atoms with Crippen molar-refractivity contribution in [3.8, 4) is 0 Å². The second kappa shape index (κ2) is 7.13. The van der Waals surface area contributed by atoms with E-state index in [1.807, 2.05) is 26.2 Å². The summed E-state index contributed by atoms with van der Waals surface area (Å²) in [5.41, 5.74) is 1.24. The lowest BCUT2D eigenvalue weighted by molar-refractivity contribution is 0.0527. The zero-order valence-electron chi connectivity index (χ0n) is 11.7. The Hall–Kier alpha value is -1.56. The third kappa shape index (κ3) is 4.24. The van der Waals surface area contributed by atoms with E-state index in [2.05, 4.69) is 10.6 Å². The molecule has 6 heteroatoms. The average molecular weight is 284 g/mol. The van der Waals surface area contributed by atoms with Crippen molar-refractivity contribution in [1.82, 2.24) is 5.32 Å². The van der Waals surface area contributed by atoms with Gasteiger partial charge in [0.2, 0.25) is 0 Å². The number of hydrogen-bond acceptors (Lipinski definition) is 4. The van der Waals surface area contributed by atoms with Crippen LogP contribution in [0, 0.1) is 6.92 Å². The fourth-order valence-corrected chi connectivity index (χ4v) is 2.38. The first-order valence-electron chi connectivity index (χ1n) is 6.32. The maximum absolute atomic E-state index is 11.8. The summed E-state index contributed by atoms with van der Waals surface area (Å²) in [7, 11) is 0. The van der Waals surface area contributed by atoms with E-state index in [9.17, 15) is 9.59 Å². The van der Waals surface area contributed by atoms with Crippen LogP contribution in [0.1, 0.15) is 43.1 Å². The third-order valence-electron chi connectivity index (χ3n) is 2.67. The summed E-state index contributed by atoms with van der Waals surface area (Å²) in [5.74, 6) is -0.403. The van der Waals surface area contributed by atoms with Crippen molar-refractivity contribution < 1.29 is 14.3 Å². The molecule has 0 aliphatic heterocycles. The molecule has 106 valence electrons. The van der Waals surface area contributed by atoms with E-state index >= 15 is 0 Å². The van der Waals surface area contributed by atoms with Gasteiger partial charge in [0.1, 0.15) is 5.00 Å². The molecule has 0 saturated heterocycles. The molecule has 5 nitrogen and oxygen atoms in total. The lowest BCUT2D eigenvalue weighted by Crippen LogP contribution is -2.35. The highest BCUT2D eigenvalue weighted by Crippen LogP contribution is 2.28.